The van der Waals surface area contributed by atoms with Crippen molar-refractivity contribution in [2.24, 2.45) is 0 Å². The van der Waals surface area contributed by atoms with E-state index in [1.165, 1.54) is 6.07 Å². The molecule has 0 bridgehead atoms. The Morgan fingerprint density at radius 3 is 2.71 bits per heavy atom. The van der Waals surface area contributed by atoms with Crippen molar-refractivity contribution in [3.63, 3.8) is 0 Å². The lowest BCUT2D eigenvalue weighted by Crippen LogP contribution is -2.27. The van der Waals surface area contributed by atoms with Crippen LogP contribution in [-0.4, -0.2) is 19.2 Å². The summed E-state index contributed by atoms with van der Waals surface area (Å²) in [5, 5.41) is 3.19. The van der Waals surface area contributed by atoms with Gasteiger partial charge in [-0.3, -0.25) is 0 Å². The lowest BCUT2D eigenvalue weighted by molar-refractivity contribution is 0.294. The van der Waals surface area contributed by atoms with E-state index in [1.807, 2.05) is 0 Å². The Hall–Kier alpha value is -1.09. The minimum atomic E-state index is -0.308. The van der Waals surface area contributed by atoms with Crippen LogP contribution in [0.5, 0.6) is 5.75 Å². The summed E-state index contributed by atoms with van der Waals surface area (Å²) in [7, 11) is 0. The van der Waals surface area contributed by atoms with Crippen LogP contribution in [0.25, 0.3) is 0 Å². The largest absolute Gasteiger partial charge is 0.489 e. The SMILES string of the molecule is CC(C)NCCOc1ccccc1F. The third-order valence-corrected chi connectivity index (χ3v) is 1.75. The quantitative estimate of drug-likeness (QED) is 0.731. The number of ether oxygens (including phenoxy) is 1. The second-order valence-corrected chi connectivity index (χ2v) is 3.39. The van der Waals surface area contributed by atoms with Gasteiger partial charge in [-0.2, -0.15) is 0 Å². The summed E-state index contributed by atoms with van der Waals surface area (Å²) in [6.45, 7) is 5.33. The summed E-state index contributed by atoms with van der Waals surface area (Å²) in [6.07, 6.45) is 0. The Labute approximate surface area is 84.1 Å². The number of nitrogens with one attached hydrogen (secondary N) is 1. The lowest BCUT2D eigenvalue weighted by Gasteiger charge is -2.09. The summed E-state index contributed by atoms with van der Waals surface area (Å²) in [4.78, 5) is 0. The van der Waals surface area contributed by atoms with Crippen molar-refractivity contribution in [2.45, 2.75) is 19.9 Å². The van der Waals surface area contributed by atoms with E-state index < -0.39 is 0 Å². The maximum absolute atomic E-state index is 13.0. The van der Waals surface area contributed by atoms with Crippen molar-refractivity contribution in [3.05, 3.63) is 30.1 Å². The van der Waals surface area contributed by atoms with E-state index in [2.05, 4.69) is 19.2 Å². The van der Waals surface area contributed by atoms with Crippen LogP contribution < -0.4 is 10.1 Å². The van der Waals surface area contributed by atoms with Gasteiger partial charge in [0.2, 0.25) is 0 Å². The van der Waals surface area contributed by atoms with E-state index >= 15 is 0 Å². The van der Waals surface area contributed by atoms with Crippen molar-refractivity contribution in [2.75, 3.05) is 13.2 Å². The fraction of sp³-hybridized carbons (Fsp3) is 0.455. The van der Waals surface area contributed by atoms with Gasteiger partial charge in [0.25, 0.3) is 0 Å². The van der Waals surface area contributed by atoms with Gasteiger partial charge in [-0.15, -0.1) is 0 Å². The minimum Gasteiger partial charge on any atom is -0.489 e. The van der Waals surface area contributed by atoms with Crippen LogP contribution in [0.15, 0.2) is 24.3 Å². The molecule has 2 nitrogen and oxygen atoms in total. The zero-order chi connectivity index (χ0) is 10.4. The summed E-state index contributed by atoms with van der Waals surface area (Å²) in [5.74, 6) is 0.00935. The van der Waals surface area contributed by atoms with E-state index in [4.69, 9.17) is 4.74 Å². The van der Waals surface area contributed by atoms with Gasteiger partial charge >= 0.3 is 0 Å². The average molecular weight is 197 g/mol. The fourth-order valence-electron chi connectivity index (χ4n) is 1.07. The Bertz CT molecular complexity index is 276. The molecule has 78 valence electrons. The number of benzene rings is 1. The van der Waals surface area contributed by atoms with E-state index in [-0.39, 0.29) is 5.82 Å². The molecule has 14 heavy (non-hydrogen) atoms. The average Bonchev–Trinajstić information content (AvgIpc) is 2.15. The Kier molecular flexibility index (Phi) is 4.40. The third kappa shape index (κ3) is 3.75. The first-order chi connectivity index (χ1) is 6.70. The number of halogens is 1. The summed E-state index contributed by atoms with van der Waals surface area (Å²) in [6, 6.07) is 6.86. The zero-order valence-electron chi connectivity index (χ0n) is 8.59. The number of hydrogen-bond donors (Lipinski definition) is 1. The van der Waals surface area contributed by atoms with Gasteiger partial charge in [-0.25, -0.2) is 4.39 Å². The van der Waals surface area contributed by atoms with E-state index in [9.17, 15) is 4.39 Å². The minimum absolute atomic E-state index is 0.308. The highest BCUT2D eigenvalue weighted by atomic mass is 19.1. The van der Waals surface area contributed by atoms with Crippen LogP contribution in [0.1, 0.15) is 13.8 Å². The first-order valence-electron chi connectivity index (χ1n) is 4.81. The lowest BCUT2D eigenvalue weighted by atomic mass is 10.3. The molecule has 0 aliphatic rings. The van der Waals surface area contributed by atoms with E-state index in [0.717, 1.165) is 6.54 Å². The van der Waals surface area contributed by atoms with Gasteiger partial charge in [0.15, 0.2) is 11.6 Å². The van der Waals surface area contributed by atoms with Crippen molar-refractivity contribution in [1.29, 1.82) is 0 Å². The molecule has 0 saturated heterocycles. The maximum Gasteiger partial charge on any atom is 0.165 e. The molecule has 1 aromatic rings. The van der Waals surface area contributed by atoms with E-state index in [1.54, 1.807) is 18.2 Å². The molecule has 0 fully saturated rings. The monoisotopic (exact) mass is 197 g/mol. The summed E-state index contributed by atoms with van der Waals surface area (Å²) in [5.41, 5.74) is 0. The zero-order valence-corrected chi connectivity index (χ0v) is 8.59. The first-order valence-corrected chi connectivity index (χ1v) is 4.81. The number of hydrogen-bond acceptors (Lipinski definition) is 2. The van der Waals surface area contributed by atoms with Gasteiger partial charge in [-0.1, -0.05) is 26.0 Å². The van der Waals surface area contributed by atoms with Crippen LogP contribution in [0.2, 0.25) is 0 Å². The smallest absolute Gasteiger partial charge is 0.165 e. The molecule has 0 aliphatic carbocycles. The first kappa shape index (κ1) is 11.0. The van der Waals surface area contributed by atoms with Gasteiger partial charge in [0.05, 0.1) is 0 Å². The summed E-state index contributed by atoms with van der Waals surface area (Å²) >= 11 is 0. The van der Waals surface area contributed by atoms with Crippen LogP contribution >= 0.6 is 0 Å². The Balaban J connectivity index is 2.28. The van der Waals surface area contributed by atoms with Crippen molar-refractivity contribution in [1.82, 2.24) is 5.32 Å². The van der Waals surface area contributed by atoms with Gasteiger partial charge in [0, 0.05) is 12.6 Å². The summed E-state index contributed by atoms with van der Waals surface area (Å²) < 4.78 is 18.3. The molecule has 1 aromatic carbocycles. The second kappa shape index (κ2) is 5.60. The standard InChI is InChI=1S/C11H16FNO/c1-9(2)13-7-8-14-11-6-4-3-5-10(11)12/h3-6,9,13H,7-8H2,1-2H3. The maximum atomic E-state index is 13.0. The molecule has 0 heterocycles. The van der Waals surface area contributed by atoms with Crippen LogP contribution in [0.3, 0.4) is 0 Å². The normalized spacial score (nSPS) is 10.6. The Morgan fingerprint density at radius 1 is 1.36 bits per heavy atom. The Morgan fingerprint density at radius 2 is 2.07 bits per heavy atom. The molecule has 0 aromatic heterocycles. The molecule has 0 unspecified atom stereocenters. The molecular formula is C11H16FNO. The van der Waals surface area contributed by atoms with Crippen molar-refractivity contribution >= 4 is 0 Å². The molecule has 3 heteroatoms. The molecule has 0 saturated carbocycles. The van der Waals surface area contributed by atoms with Crippen LogP contribution in [0.4, 0.5) is 4.39 Å². The number of para-hydroxylation sites is 1. The topological polar surface area (TPSA) is 21.3 Å². The second-order valence-electron chi connectivity index (χ2n) is 3.39. The van der Waals surface area contributed by atoms with Crippen molar-refractivity contribution in [3.8, 4) is 5.75 Å². The molecule has 0 spiro atoms. The third-order valence-electron chi connectivity index (χ3n) is 1.75. The van der Waals surface area contributed by atoms with Gasteiger partial charge < -0.3 is 10.1 Å². The van der Waals surface area contributed by atoms with Gasteiger partial charge in [-0.05, 0) is 12.1 Å². The molecular weight excluding hydrogens is 181 g/mol. The predicted molar refractivity (Wildman–Crippen MR) is 55.0 cm³/mol. The molecule has 0 radical (unpaired) electrons. The predicted octanol–water partition coefficient (Wildman–Crippen LogP) is 2.20. The molecule has 0 atom stereocenters. The molecule has 0 aliphatic heterocycles. The molecule has 1 N–H and O–H groups in total. The molecule has 1 rings (SSSR count). The van der Waals surface area contributed by atoms with Gasteiger partial charge in [0.1, 0.15) is 6.61 Å². The van der Waals surface area contributed by atoms with E-state index in [0.29, 0.717) is 18.4 Å². The number of rotatable bonds is 5. The van der Waals surface area contributed by atoms with Crippen LogP contribution in [0, 0.1) is 5.82 Å². The fourth-order valence-corrected chi connectivity index (χ4v) is 1.07. The van der Waals surface area contributed by atoms with Crippen LogP contribution in [-0.2, 0) is 0 Å². The molecule has 0 amide bonds. The highest BCUT2D eigenvalue weighted by Gasteiger charge is 2.00. The van der Waals surface area contributed by atoms with Crippen molar-refractivity contribution < 1.29 is 9.13 Å². The highest BCUT2D eigenvalue weighted by molar-refractivity contribution is 5.23. The highest BCUT2D eigenvalue weighted by Crippen LogP contribution is 2.14.